The largest absolute Gasteiger partial charge is 0.494 e. The summed E-state index contributed by atoms with van der Waals surface area (Å²) in [7, 11) is 0. The van der Waals surface area contributed by atoms with Crippen molar-refractivity contribution in [1.29, 1.82) is 0 Å². The summed E-state index contributed by atoms with van der Waals surface area (Å²) in [5.74, 6) is 1.67. The number of furan rings is 1. The molecule has 0 amide bonds. The summed E-state index contributed by atoms with van der Waals surface area (Å²) in [5, 5.41) is 6.65. The Hall–Kier alpha value is -4.26. The van der Waals surface area contributed by atoms with Crippen LogP contribution in [0.3, 0.4) is 0 Å². The Balaban J connectivity index is 1.50. The normalized spacial score (nSPS) is 19.2. The molecule has 4 aromatic rings. The molecule has 2 unspecified atom stereocenters. The van der Waals surface area contributed by atoms with Crippen molar-refractivity contribution in [2.24, 2.45) is 0 Å². The molecule has 7 heteroatoms. The second-order valence-electron chi connectivity index (χ2n) is 8.87. The summed E-state index contributed by atoms with van der Waals surface area (Å²) in [4.78, 5) is 27.3. The van der Waals surface area contributed by atoms with Gasteiger partial charge in [0.2, 0.25) is 0 Å². The molecule has 7 nitrogen and oxygen atoms in total. The molecule has 35 heavy (non-hydrogen) atoms. The molecule has 6 rings (SSSR count). The van der Waals surface area contributed by atoms with Crippen LogP contribution in [-0.4, -0.2) is 22.2 Å². The van der Waals surface area contributed by atoms with E-state index in [2.05, 4.69) is 10.4 Å². The molecule has 2 aromatic heterocycles. The molecular weight excluding hydrogens is 442 g/mol. The van der Waals surface area contributed by atoms with Crippen LogP contribution in [0.15, 0.2) is 93.5 Å². The van der Waals surface area contributed by atoms with E-state index in [1.165, 1.54) is 4.68 Å². The Kier molecular flexibility index (Phi) is 5.17. The molecule has 0 fully saturated rings. The number of hydrogen-bond donors (Lipinski definition) is 2. The van der Waals surface area contributed by atoms with Crippen molar-refractivity contribution in [2.75, 3.05) is 11.9 Å². The van der Waals surface area contributed by atoms with E-state index in [4.69, 9.17) is 9.15 Å². The lowest BCUT2D eigenvalue weighted by Gasteiger charge is -2.33. The van der Waals surface area contributed by atoms with E-state index >= 15 is 0 Å². The van der Waals surface area contributed by atoms with Crippen molar-refractivity contribution in [2.45, 2.75) is 31.6 Å². The number of allylic oxidation sites excluding steroid dienone is 2. The standard InChI is InChI=1S/C28H25N3O4/c1-2-34-20-12-10-17(11-13-20)24-25-21(15-18(16-22(25)32)23-9-6-14-35-23)29-27-26(24)28(33)31(30-27)19-7-4-3-5-8-19/h3-14,18,24,29-30H,2,15-16H2,1H3. The Labute approximate surface area is 202 Å². The topological polar surface area (TPSA) is 89.3 Å². The van der Waals surface area contributed by atoms with E-state index in [1.807, 2.05) is 73.7 Å². The molecule has 2 N–H and O–H groups in total. The van der Waals surface area contributed by atoms with E-state index in [0.29, 0.717) is 36.4 Å². The molecule has 0 radical (unpaired) electrons. The van der Waals surface area contributed by atoms with Gasteiger partial charge < -0.3 is 14.5 Å². The second-order valence-corrected chi connectivity index (χ2v) is 8.87. The Bertz CT molecular complexity index is 1460. The number of benzene rings is 2. The summed E-state index contributed by atoms with van der Waals surface area (Å²) >= 11 is 0. The zero-order valence-corrected chi connectivity index (χ0v) is 19.3. The molecule has 1 aliphatic heterocycles. The highest BCUT2D eigenvalue weighted by atomic mass is 16.5. The minimum Gasteiger partial charge on any atom is -0.494 e. The maximum Gasteiger partial charge on any atom is 0.277 e. The predicted octanol–water partition coefficient (Wildman–Crippen LogP) is 5.12. The number of H-pyrrole nitrogens is 1. The Morgan fingerprint density at radius 3 is 2.51 bits per heavy atom. The molecule has 0 saturated heterocycles. The number of rotatable bonds is 5. The number of carbonyl (C=O) groups is 1. The van der Waals surface area contributed by atoms with Crippen LogP contribution in [0.25, 0.3) is 5.69 Å². The highest BCUT2D eigenvalue weighted by molar-refractivity contribution is 6.01. The monoisotopic (exact) mass is 467 g/mol. The van der Waals surface area contributed by atoms with Gasteiger partial charge in [-0.1, -0.05) is 30.3 Å². The number of Topliss-reactive ketones (excluding diaryl/α,β-unsaturated/α-hetero) is 1. The number of para-hydroxylation sites is 1. The first kappa shape index (κ1) is 21.3. The molecule has 0 bridgehead atoms. The van der Waals surface area contributed by atoms with Crippen LogP contribution in [0.4, 0.5) is 5.82 Å². The highest BCUT2D eigenvalue weighted by Gasteiger charge is 2.41. The lowest BCUT2D eigenvalue weighted by atomic mass is 9.73. The van der Waals surface area contributed by atoms with Gasteiger partial charge in [-0.2, -0.15) is 0 Å². The number of ether oxygens (including phenoxy) is 1. The van der Waals surface area contributed by atoms with Crippen LogP contribution >= 0.6 is 0 Å². The van der Waals surface area contributed by atoms with E-state index < -0.39 is 5.92 Å². The van der Waals surface area contributed by atoms with Crippen molar-refractivity contribution in [3.63, 3.8) is 0 Å². The average molecular weight is 468 g/mol. The smallest absolute Gasteiger partial charge is 0.277 e. The Morgan fingerprint density at radius 1 is 1.00 bits per heavy atom. The van der Waals surface area contributed by atoms with Gasteiger partial charge in [0.25, 0.3) is 5.56 Å². The molecule has 0 spiro atoms. The number of nitrogens with one attached hydrogen (secondary N) is 2. The first-order valence-electron chi connectivity index (χ1n) is 11.8. The van der Waals surface area contributed by atoms with Gasteiger partial charge in [-0.3, -0.25) is 14.7 Å². The SMILES string of the molecule is CCOc1ccc(C2C3=C(CC(c4ccco4)CC3=O)Nc3[nH]n(-c4ccccc4)c(=O)c32)cc1. The maximum absolute atomic E-state index is 13.7. The molecule has 1 aliphatic carbocycles. The number of hydrogen-bond acceptors (Lipinski definition) is 5. The van der Waals surface area contributed by atoms with E-state index in [9.17, 15) is 9.59 Å². The van der Waals surface area contributed by atoms with E-state index in [0.717, 1.165) is 28.5 Å². The summed E-state index contributed by atoms with van der Waals surface area (Å²) in [6.07, 6.45) is 2.60. The maximum atomic E-state index is 13.7. The number of anilines is 1. The highest BCUT2D eigenvalue weighted by Crippen LogP contribution is 2.47. The van der Waals surface area contributed by atoms with Gasteiger partial charge >= 0.3 is 0 Å². The van der Waals surface area contributed by atoms with Crippen LogP contribution in [-0.2, 0) is 4.79 Å². The quantitative estimate of drug-likeness (QED) is 0.426. The first-order valence-corrected chi connectivity index (χ1v) is 11.8. The van der Waals surface area contributed by atoms with Crippen LogP contribution in [0, 0.1) is 0 Å². The van der Waals surface area contributed by atoms with Crippen molar-refractivity contribution in [3.8, 4) is 11.4 Å². The van der Waals surface area contributed by atoms with Crippen molar-refractivity contribution < 1.29 is 13.9 Å². The van der Waals surface area contributed by atoms with Crippen LogP contribution in [0.5, 0.6) is 5.75 Å². The van der Waals surface area contributed by atoms with Crippen molar-refractivity contribution in [1.82, 2.24) is 9.78 Å². The van der Waals surface area contributed by atoms with Gasteiger partial charge in [0.1, 0.15) is 17.3 Å². The third kappa shape index (κ3) is 3.60. The van der Waals surface area contributed by atoms with Crippen molar-refractivity contribution in [3.05, 3.63) is 112 Å². The number of aromatic nitrogens is 2. The van der Waals surface area contributed by atoms with E-state index in [1.54, 1.807) is 6.26 Å². The third-order valence-electron chi connectivity index (χ3n) is 6.77. The Morgan fingerprint density at radius 2 is 1.80 bits per heavy atom. The number of fused-ring (bicyclic) bond motifs is 1. The third-order valence-corrected chi connectivity index (χ3v) is 6.77. The summed E-state index contributed by atoms with van der Waals surface area (Å²) in [6.45, 7) is 2.50. The second kappa shape index (κ2) is 8.51. The zero-order chi connectivity index (χ0) is 23.9. The number of carbonyl (C=O) groups excluding carboxylic acids is 1. The lowest BCUT2D eigenvalue weighted by molar-refractivity contribution is -0.116. The molecule has 3 heterocycles. The molecule has 2 aromatic carbocycles. The van der Waals surface area contributed by atoms with Crippen LogP contribution < -0.4 is 15.6 Å². The van der Waals surface area contributed by atoms with Crippen molar-refractivity contribution >= 4 is 11.6 Å². The zero-order valence-electron chi connectivity index (χ0n) is 19.3. The molecule has 0 saturated carbocycles. The minimum atomic E-state index is -0.476. The van der Waals surface area contributed by atoms with Gasteiger partial charge in [0.15, 0.2) is 5.78 Å². The van der Waals surface area contributed by atoms with Gasteiger partial charge in [0.05, 0.1) is 24.1 Å². The fourth-order valence-electron chi connectivity index (χ4n) is 5.23. The summed E-state index contributed by atoms with van der Waals surface area (Å²) < 4.78 is 12.8. The molecular formula is C28H25N3O4. The number of aromatic amines is 1. The van der Waals surface area contributed by atoms with Crippen LogP contribution in [0.1, 0.15) is 48.5 Å². The first-order chi connectivity index (χ1) is 17.1. The van der Waals surface area contributed by atoms with Gasteiger partial charge in [-0.15, -0.1) is 0 Å². The fourth-order valence-corrected chi connectivity index (χ4v) is 5.23. The number of nitrogens with zero attached hydrogens (tertiary/aromatic N) is 1. The molecule has 2 aliphatic rings. The van der Waals surface area contributed by atoms with Gasteiger partial charge in [-0.05, 0) is 55.3 Å². The minimum absolute atomic E-state index is 0.0246. The number of ketones is 1. The fraction of sp³-hybridized carbons (Fsp3) is 0.214. The van der Waals surface area contributed by atoms with Crippen LogP contribution in [0.2, 0.25) is 0 Å². The molecule has 176 valence electrons. The van der Waals surface area contributed by atoms with Gasteiger partial charge in [0, 0.05) is 29.5 Å². The van der Waals surface area contributed by atoms with E-state index in [-0.39, 0.29) is 17.3 Å². The van der Waals surface area contributed by atoms with Gasteiger partial charge in [-0.25, -0.2) is 4.68 Å². The summed E-state index contributed by atoms with van der Waals surface area (Å²) in [5.41, 5.74) is 3.46. The summed E-state index contributed by atoms with van der Waals surface area (Å²) in [6, 6.07) is 20.9. The predicted molar refractivity (Wildman–Crippen MR) is 132 cm³/mol. The average Bonchev–Trinajstić information content (AvgIpc) is 3.53. The lowest BCUT2D eigenvalue weighted by Crippen LogP contribution is -2.31. The molecule has 2 atom stereocenters.